The van der Waals surface area contributed by atoms with Crippen LogP contribution in [0.1, 0.15) is 37.0 Å². The summed E-state index contributed by atoms with van der Waals surface area (Å²) in [4.78, 5) is 12.2. The van der Waals surface area contributed by atoms with Gasteiger partial charge in [0.25, 0.3) is 5.91 Å². The molecule has 0 heterocycles. The highest BCUT2D eigenvalue weighted by Gasteiger charge is 2.24. The number of benzene rings is 1. The molecule has 1 amide bonds. The Morgan fingerprint density at radius 1 is 1.29 bits per heavy atom. The minimum atomic E-state index is -3.33. The molecule has 21 heavy (non-hydrogen) atoms. The van der Waals surface area contributed by atoms with Gasteiger partial charge in [-0.1, -0.05) is 6.92 Å². The Balaban J connectivity index is 2.80. The van der Waals surface area contributed by atoms with E-state index in [1.165, 1.54) is 12.1 Å². The normalized spacial score (nSPS) is 14.3. The summed E-state index contributed by atoms with van der Waals surface area (Å²) in [7, 11) is -3.33. The molecule has 3 N–H and O–H groups in total. The lowest BCUT2D eigenvalue weighted by Gasteiger charge is -2.29. The second-order valence-electron chi connectivity index (χ2n) is 5.29. The van der Waals surface area contributed by atoms with Crippen LogP contribution in [0.5, 0.6) is 0 Å². The van der Waals surface area contributed by atoms with E-state index in [2.05, 4.69) is 10.0 Å². The van der Waals surface area contributed by atoms with Crippen LogP contribution >= 0.6 is 0 Å². The minimum Gasteiger partial charge on any atom is -0.396 e. The van der Waals surface area contributed by atoms with E-state index < -0.39 is 15.6 Å². The Morgan fingerprint density at radius 2 is 1.86 bits per heavy atom. The van der Waals surface area contributed by atoms with E-state index in [4.69, 9.17) is 5.11 Å². The third-order valence-corrected chi connectivity index (χ3v) is 3.92. The fourth-order valence-electron chi connectivity index (χ4n) is 1.82. The standard InChI is InChI=1S/C14H22N2O4S/c1-4-14(2,9-10-17)15-13(18)11-5-7-12(8-6-11)16-21(3,19)20/h5-8,16-17H,4,9-10H2,1-3H3,(H,15,18). The Labute approximate surface area is 125 Å². The molecular formula is C14H22N2O4S. The number of rotatable bonds is 7. The molecule has 0 saturated carbocycles. The lowest BCUT2D eigenvalue weighted by Crippen LogP contribution is -2.46. The molecule has 118 valence electrons. The van der Waals surface area contributed by atoms with Gasteiger partial charge >= 0.3 is 0 Å². The highest BCUT2D eigenvalue weighted by Crippen LogP contribution is 2.16. The van der Waals surface area contributed by atoms with Crippen LogP contribution in [0.2, 0.25) is 0 Å². The van der Waals surface area contributed by atoms with E-state index >= 15 is 0 Å². The molecule has 0 aliphatic heterocycles. The van der Waals surface area contributed by atoms with Gasteiger partial charge < -0.3 is 10.4 Å². The summed E-state index contributed by atoms with van der Waals surface area (Å²) in [6.45, 7) is 3.82. The molecule has 0 aromatic heterocycles. The number of aliphatic hydroxyl groups is 1. The molecule has 0 aliphatic carbocycles. The number of sulfonamides is 1. The van der Waals surface area contributed by atoms with E-state index in [1.807, 2.05) is 13.8 Å². The van der Waals surface area contributed by atoms with Crippen molar-refractivity contribution in [3.05, 3.63) is 29.8 Å². The molecule has 1 aromatic rings. The van der Waals surface area contributed by atoms with Gasteiger partial charge in [0, 0.05) is 23.4 Å². The molecular weight excluding hydrogens is 292 g/mol. The fourth-order valence-corrected chi connectivity index (χ4v) is 2.39. The zero-order valence-electron chi connectivity index (χ0n) is 12.5. The van der Waals surface area contributed by atoms with Crippen LogP contribution in [-0.2, 0) is 10.0 Å². The van der Waals surface area contributed by atoms with Crippen LogP contribution in [0.25, 0.3) is 0 Å². The van der Waals surface area contributed by atoms with E-state index in [-0.39, 0.29) is 12.5 Å². The van der Waals surface area contributed by atoms with Crippen LogP contribution in [0.15, 0.2) is 24.3 Å². The van der Waals surface area contributed by atoms with Gasteiger partial charge in [0.1, 0.15) is 0 Å². The van der Waals surface area contributed by atoms with Crippen LogP contribution in [-0.4, -0.2) is 37.8 Å². The third kappa shape index (κ3) is 5.73. The van der Waals surface area contributed by atoms with E-state index in [0.29, 0.717) is 24.1 Å². The quantitative estimate of drug-likeness (QED) is 0.707. The second kappa shape index (κ2) is 6.91. The van der Waals surface area contributed by atoms with Gasteiger partial charge in [0.05, 0.1) is 6.26 Å². The van der Waals surface area contributed by atoms with E-state index in [0.717, 1.165) is 6.26 Å². The smallest absolute Gasteiger partial charge is 0.251 e. The number of carbonyl (C=O) groups is 1. The molecule has 1 aromatic carbocycles. The number of carbonyl (C=O) groups excluding carboxylic acids is 1. The number of anilines is 1. The number of nitrogens with one attached hydrogen (secondary N) is 2. The molecule has 0 spiro atoms. The van der Waals surface area contributed by atoms with Crippen molar-refractivity contribution in [2.75, 3.05) is 17.6 Å². The van der Waals surface area contributed by atoms with Gasteiger partial charge in [-0.05, 0) is 44.0 Å². The molecule has 0 aliphatic rings. The summed E-state index contributed by atoms with van der Waals surface area (Å²) >= 11 is 0. The van der Waals surface area contributed by atoms with Crippen molar-refractivity contribution in [2.24, 2.45) is 0 Å². The van der Waals surface area contributed by atoms with Crippen molar-refractivity contribution < 1.29 is 18.3 Å². The van der Waals surface area contributed by atoms with Crippen LogP contribution in [0.3, 0.4) is 0 Å². The van der Waals surface area contributed by atoms with Crippen molar-refractivity contribution in [3.8, 4) is 0 Å². The molecule has 0 radical (unpaired) electrons. The Bertz CT molecular complexity index is 583. The van der Waals surface area contributed by atoms with Gasteiger partial charge in [-0.15, -0.1) is 0 Å². The van der Waals surface area contributed by atoms with Crippen LogP contribution in [0.4, 0.5) is 5.69 Å². The molecule has 6 nitrogen and oxygen atoms in total. The van der Waals surface area contributed by atoms with Crippen molar-refractivity contribution in [1.29, 1.82) is 0 Å². The number of aliphatic hydroxyl groups excluding tert-OH is 1. The van der Waals surface area contributed by atoms with Crippen LogP contribution in [0, 0.1) is 0 Å². The number of amides is 1. The topological polar surface area (TPSA) is 95.5 Å². The first-order valence-electron chi connectivity index (χ1n) is 6.70. The summed E-state index contributed by atoms with van der Waals surface area (Å²) in [6, 6.07) is 6.17. The summed E-state index contributed by atoms with van der Waals surface area (Å²) < 4.78 is 24.5. The largest absolute Gasteiger partial charge is 0.396 e. The lowest BCUT2D eigenvalue weighted by atomic mass is 9.94. The van der Waals surface area contributed by atoms with Crippen molar-refractivity contribution in [2.45, 2.75) is 32.2 Å². The Morgan fingerprint density at radius 3 is 2.29 bits per heavy atom. The van der Waals surface area contributed by atoms with Crippen molar-refractivity contribution >= 4 is 21.6 Å². The van der Waals surface area contributed by atoms with Gasteiger partial charge in [-0.25, -0.2) is 8.42 Å². The monoisotopic (exact) mass is 314 g/mol. The molecule has 1 atom stereocenters. The molecule has 1 unspecified atom stereocenters. The maximum Gasteiger partial charge on any atom is 0.251 e. The van der Waals surface area contributed by atoms with Gasteiger partial charge in [-0.2, -0.15) is 0 Å². The highest BCUT2D eigenvalue weighted by molar-refractivity contribution is 7.92. The highest BCUT2D eigenvalue weighted by atomic mass is 32.2. The second-order valence-corrected chi connectivity index (χ2v) is 7.04. The average molecular weight is 314 g/mol. The zero-order chi connectivity index (χ0) is 16.1. The third-order valence-electron chi connectivity index (χ3n) is 3.31. The SMILES string of the molecule is CCC(C)(CCO)NC(=O)c1ccc(NS(C)(=O)=O)cc1. The van der Waals surface area contributed by atoms with Gasteiger partial charge in [-0.3, -0.25) is 9.52 Å². The fraction of sp³-hybridized carbons (Fsp3) is 0.500. The molecule has 0 saturated heterocycles. The Kier molecular flexibility index (Phi) is 5.74. The minimum absolute atomic E-state index is 0.00182. The maximum atomic E-state index is 12.2. The number of hydrogen-bond donors (Lipinski definition) is 3. The molecule has 0 bridgehead atoms. The molecule has 0 fully saturated rings. The van der Waals surface area contributed by atoms with E-state index in [1.54, 1.807) is 12.1 Å². The summed E-state index contributed by atoms with van der Waals surface area (Å²) in [5.74, 6) is -0.251. The first-order chi connectivity index (χ1) is 9.69. The summed E-state index contributed by atoms with van der Waals surface area (Å²) in [5, 5.41) is 11.9. The lowest BCUT2D eigenvalue weighted by molar-refractivity contribution is 0.0886. The van der Waals surface area contributed by atoms with Crippen molar-refractivity contribution in [1.82, 2.24) is 5.32 Å². The molecule has 7 heteroatoms. The molecule has 1 rings (SSSR count). The van der Waals surface area contributed by atoms with Gasteiger partial charge in [0.2, 0.25) is 10.0 Å². The predicted octanol–water partition coefficient (Wildman–Crippen LogP) is 1.34. The predicted molar refractivity (Wildman–Crippen MR) is 82.8 cm³/mol. The average Bonchev–Trinajstić information content (AvgIpc) is 2.37. The van der Waals surface area contributed by atoms with E-state index in [9.17, 15) is 13.2 Å². The summed E-state index contributed by atoms with van der Waals surface area (Å²) in [5.41, 5.74) is 0.379. The number of hydrogen-bond acceptors (Lipinski definition) is 4. The first-order valence-corrected chi connectivity index (χ1v) is 8.59. The maximum absolute atomic E-state index is 12.2. The Hall–Kier alpha value is -1.60. The van der Waals surface area contributed by atoms with Gasteiger partial charge in [0.15, 0.2) is 0 Å². The summed E-state index contributed by atoms with van der Waals surface area (Å²) in [6.07, 6.45) is 2.24. The van der Waals surface area contributed by atoms with Crippen LogP contribution < -0.4 is 10.0 Å². The van der Waals surface area contributed by atoms with Crippen molar-refractivity contribution in [3.63, 3.8) is 0 Å². The zero-order valence-corrected chi connectivity index (χ0v) is 13.3. The first kappa shape index (κ1) is 17.5.